The summed E-state index contributed by atoms with van der Waals surface area (Å²) in [7, 11) is -3.08. The van der Waals surface area contributed by atoms with Gasteiger partial charge in [0.05, 0.1) is 12.0 Å². The van der Waals surface area contributed by atoms with Crippen molar-refractivity contribution >= 4 is 32.4 Å². The molecule has 0 saturated carbocycles. The van der Waals surface area contributed by atoms with Crippen molar-refractivity contribution in [3.8, 4) is 16.9 Å². The molecule has 0 amide bonds. The van der Waals surface area contributed by atoms with Crippen molar-refractivity contribution < 1.29 is 26.5 Å². The Bertz CT molecular complexity index is 1730. The van der Waals surface area contributed by atoms with Crippen molar-refractivity contribution in [2.75, 3.05) is 11.4 Å². The van der Waals surface area contributed by atoms with Crippen molar-refractivity contribution in [3.05, 3.63) is 101 Å². The summed E-state index contributed by atoms with van der Waals surface area (Å²) in [6.45, 7) is 0. The van der Waals surface area contributed by atoms with Crippen LogP contribution in [0.1, 0.15) is 0 Å². The fourth-order valence-electron chi connectivity index (χ4n) is 3.80. The molecule has 11 heteroatoms. The molecule has 5 rings (SSSR count). The molecular weight excluding hydrogens is 492 g/mol. The number of nitrogens with zero attached hydrogens (tertiary/aromatic N) is 2. The lowest BCUT2D eigenvalue weighted by Crippen LogP contribution is -2.27. The van der Waals surface area contributed by atoms with E-state index in [1.807, 2.05) is 0 Å². The molecule has 0 fully saturated rings. The van der Waals surface area contributed by atoms with E-state index in [0.29, 0.717) is 16.5 Å². The molecule has 3 aromatic carbocycles. The highest BCUT2D eigenvalue weighted by molar-refractivity contribution is 7.93. The minimum Gasteiger partial charge on any atom is -0.495 e. The number of H-pyrrole nitrogens is 1. The molecule has 36 heavy (non-hydrogen) atoms. The van der Waals surface area contributed by atoms with Gasteiger partial charge in [-0.1, -0.05) is 17.3 Å². The second-order valence-corrected chi connectivity index (χ2v) is 9.50. The van der Waals surface area contributed by atoms with E-state index in [1.54, 1.807) is 0 Å². The Hall–Kier alpha value is -4.51. The number of benzene rings is 3. The van der Waals surface area contributed by atoms with E-state index in [0.717, 1.165) is 10.4 Å². The molecule has 0 unspecified atom stereocenters. The number of pyridine rings is 1. The largest absolute Gasteiger partial charge is 0.495 e. The average molecular weight is 509 g/mol. The van der Waals surface area contributed by atoms with Gasteiger partial charge in [-0.15, -0.1) is 0 Å². The van der Waals surface area contributed by atoms with Gasteiger partial charge >= 0.3 is 0 Å². The number of rotatable bonds is 6. The smallest absolute Gasteiger partial charge is 0.270 e. The Balaban J connectivity index is 1.69. The Labute approximate surface area is 203 Å². The lowest BCUT2D eigenvalue weighted by atomic mass is 10.0. The fourth-order valence-corrected chi connectivity index (χ4v) is 5.27. The molecule has 1 N–H and O–H groups in total. The van der Waals surface area contributed by atoms with Crippen molar-refractivity contribution in [3.63, 3.8) is 0 Å². The molecule has 5 aromatic rings. The molecule has 2 heterocycles. The first kappa shape index (κ1) is 23.2. The predicted octanol–water partition coefficient (Wildman–Crippen LogP) is 5.00. The maximum Gasteiger partial charge on any atom is 0.270 e. The molecule has 2 aromatic heterocycles. The van der Waals surface area contributed by atoms with E-state index >= 15 is 4.39 Å². The van der Waals surface area contributed by atoms with Gasteiger partial charge in [-0.05, 0) is 53.4 Å². The molecule has 0 radical (unpaired) electrons. The van der Waals surface area contributed by atoms with Crippen LogP contribution in [-0.4, -0.2) is 25.7 Å². The zero-order valence-electron chi connectivity index (χ0n) is 18.6. The van der Waals surface area contributed by atoms with Gasteiger partial charge in [0.2, 0.25) is 5.56 Å². The molecule has 0 saturated heterocycles. The highest BCUT2D eigenvalue weighted by Crippen LogP contribution is 2.41. The van der Waals surface area contributed by atoms with Crippen LogP contribution in [-0.2, 0) is 10.0 Å². The van der Waals surface area contributed by atoms with Crippen LogP contribution in [0.15, 0.2) is 93.3 Å². The predicted molar refractivity (Wildman–Crippen MR) is 129 cm³/mol. The highest BCUT2D eigenvalue weighted by atomic mass is 32.2. The molecular formula is C25H17F2N3O5S. The zero-order chi connectivity index (χ0) is 25.4. The first-order chi connectivity index (χ1) is 17.3. The van der Waals surface area contributed by atoms with Crippen LogP contribution in [0.5, 0.6) is 5.75 Å². The minimum atomic E-state index is -4.39. The summed E-state index contributed by atoms with van der Waals surface area (Å²) in [6.07, 6.45) is 1.18. The fraction of sp³-hybridized carbons (Fsp3) is 0.0400. The maximum absolute atomic E-state index is 15.3. The topological polar surface area (TPSA) is 106 Å². The molecule has 0 spiro atoms. The lowest BCUT2D eigenvalue weighted by molar-refractivity contribution is 0.413. The number of fused-ring (bicyclic) bond motifs is 1. The van der Waals surface area contributed by atoms with Gasteiger partial charge in [-0.2, -0.15) is 0 Å². The quantitative estimate of drug-likeness (QED) is 0.346. The van der Waals surface area contributed by atoms with Crippen molar-refractivity contribution in [1.29, 1.82) is 0 Å². The van der Waals surface area contributed by atoms with Crippen LogP contribution in [0, 0.1) is 11.6 Å². The molecule has 182 valence electrons. The van der Waals surface area contributed by atoms with Gasteiger partial charge < -0.3 is 14.2 Å². The third-order valence-corrected chi connectivity index (χ3v) is 7.22. The number of ether oxygens (including phenoxy) is 1. The number of hydrogen-bond acceptors (Lipinski definition) is 6. The van der Waals surface area contributed by atoms with Gasteiger partial charge in [0.15, 0.2) is 5.82 Å². The van der Waals surface area contributed by atoms with Crippen LogP contribution in [0.25, 0.3) is 22.0 Å². The maximum atomic E-state index is 15.3. The summed E-state index contributed by atoms with van der Waals surface area (Å²) < 4.78 is 67.5. The van der Waals surface area contributed by atoms with Crippen molar-refractivity contribution in [2.24, 2.45) is 0 Å². The number of aromatic nitrogens is 2. The summed E-state index contributed by atoms with van der Waals surface area (Å²) in [5, 5.41) is 4.23. The first-order valence-corrected chi connectivity index (χ1v) is 11.9. The highest BCUT2D eigenvalue weighted by Gasteiger charge is 2.32. The monoisotopic (exact) mass is 509 g/mol. The molecule has 0 aliphatic heterocycles. The van der Waals surface area contributed by atoms with E-state index in [-0.39, 0.29) is 33.3 Å². The second kappa shape index (κ2) is 8.93. The number of nitrogens with one attached hydrogen (secondary N) is 1. The van der Waals surface area contributed by atoms with Gasteiger partial charge in [0, 0.05) is 29.3 Å². The van der Waals surface area contributed by atoms with Crippen molar-refractivity contribution in [2.45, 2.75) is 4.90 Å². The Morgan fingerprint density at radius 1 is 0.972 bits per heavy atom. The lowest BCUT2D eigenvalue weighted by Gasteiger charge is -2.24. The van der Waals surface area contributed by atoms with E-state index in [2.05, 4.69) is 10.1 Å². The molecule has 0 aliphatic rings. The third kappa shape index (κ3) is 4.09. The van der Waals surface area contributed by atoms with Crippen molar-refractivity contribution in [1.82, 2.24) is 10.1 Å². The number of aromatic amines is 1. The summed E-state index contributed by atoms with van der Waals surface area (Å²) in [5.41, 5.74) is 0.419. The summed E-state index contributed by atoms with van der Waals surface area (Å²) in [6, 6.07) is 15.7. The standard InChI is InChI=1S/C25H17F2N3O5S/c1-34-23-13-19(15-2-5-17(26)6-3-15)20(27)14-22(23)30(24-10-11-35-29-24)36(32,33)18-7-8-21-16(12-18)4-9-25(31)28-21/h2-14H,1H3,(H,28,31). The minimum absolute atomic E-state index is 0.0208. The molecule has 8 nitrogen and oxygen atoms in total. The molecule has 0 atom stereocenters. The Morgan fingerprint density at radius 3 is 2.44 bits per heavy atom. The van der Waals surface area contributed by atoms with E-state index < -0.39 is 21.7 Å². The Kier molecular flexibility index (Phi) is 5.77. The van der Waals surface area contributed by atoms with Crippen LogP contribution >= 0.6 is 0 Å². The van der Waals surface area contributed by atoms with Gasteiger partial charge in [0.25, 0.3) is 10.0 Å². The van der Waals surface area contributed by atoms with Crippen LogP contribution in [0.4, 0.5) is 20.3 Å². The van der Waals surface area contributed by atoms with E-state index in [4.69, 9.17) is 9.26 Å². The van der Waals surface area contributed by atoms with Crippen LogP contribution < -0.4 is 14.6 Å². The summed E-state index contributed by atoms with van der Waals surface area (Å²) in [5.74, 6) is -1.36. The normalized spacial score (nSPS) is 11.5. The molecule has 0 aliphatic carbocycles. The summed E-state index contributed by atoms with van der Waals surface area (Å²) >= 11 is 0. The number of sulfonamides is 1. The van der Waals surface area contributed by atoms with Gasteiger partial charge in [0.1, 0.15) is 29.3 Å². The first-order valence-electron chi connectivity index (χ1n) is 10.5. The van der Waals surface area contributed by atoms with E-state index in [1.165, 1.54) is 80.1 Å². The number of hydrogen-bond donors (Lipinski definition) is 1. The third-order valence-electron chi connectivity index (χ3n) is 5.51. The molecule has 0 bridgehead atoms. The van der Waals surface area contributed by atoms with Gasteiger partial charge in [-0.25, -0.2) is 21.5 Å². The van der Waals surface area contributed by atoms with Crippen LogP contribution in [0.3, 0.4) is 0 Å². The Morgan fingerprint density at radius 2 is 1.75 bits per heavy atom. The number of halogens is 2. The van der Waals surface area contributed by atoms with Gasteiger partial charge in [-0.3, -0.25) is 4.79 Å². The summed E-state index contributed by atoms with van der Waals surface area (Å²) in [4.78, 5) is 14.1. The second-order valence-electron chi connectivity index (χ2n) is 7.71. The van der Waals surface area contributed by atoms with E-state index in [9.17, 15) is 17.6 Å². The number of methoxy groups -OCH3 is 1. The number of anilines is 2. The SMILES string of the molecule is COc1cc(-c2ccc(F)cc2)c(F)cc1N(c1ccon1)S(=O)(=O)c1ccc2[nH]c(=O)ccc2c1. The van der Waals surface area contributed by atoms with Crippen LogP contribution in [0.2, 0.25) is 0 Å². The average Bonchev–Trinajstić information content (AvgIpc) is 3.38. The zero-order valence-corrected chi connectivity index (χ0v) is 19.4.